The molecule has 0 aliphatic carbocycles. The van der Waals surface area contributed by atoms with Gasteiger partial charge in [-0.05, 0) is 0 Å². The molecular weight excluding hydrogens is 614 g/mol. The van der Waals surface area contributed by atoms with Crippen LogP contribution in [0.2, 0.25) is 0 Å². The van der Waals surface area contributed by atoms with Crippen LogP contribution in [-0.2, 0) is 76.2 Å². The Labute approximate surface area is 255 Å². The molecule has 252 valence electrons. The summed E-state index contributed by atoms with van der Waals surface area (Å²) in [5, 5.41) is 2.44. The molecule has 2 saturated heterocycles. The van der Waals surface area contributed by atoms with Crippen LogP contribution >= 0.6 is 0 Å². The average Bonchev–Trinajstić information content (AvgIpc) is 2.87. The van der Waals surface area contributed by atoms with Gasteiger partial charge in [0.05, 0.1) is 0 Å². The number of amides is 3. The topological polar surface area (TPSA) is 284 Å². The van der Waals surface area contributed by atoms with E-state index in [0.29, 0.717) is 0 Å². The smallest absolute Gasteiger partial charge is 0.405 e. The number of nitrogens with one attached hydrogen (secondary N) is 1. The Hall–Kier alpha value is -4.56. The van der Waals surface area contributed by atoms with Crippen molar-refractivity contribution < 1.29 is 81.0 Å². The molecule has 0 spiro atoms. The van der Waals surface area contributed by atoms with Crippen LogP contribution in [0.4, 0.5) is 4.79 Å². The summed E-state index contributed by atoms with van der Waals surface area (Å²) in [5.41, 5.74) is 10.6. The van der Waals surface area contributed by atoms with E-state index in [1.54, 1.807) is 0 Å². The Bertz CT molecular complexity index is 1180. The zero-order chi connectivity index (χ0) is 34.2. The molecule has 3 amide bonds. The Balaban J connectivity index is 2.72. The van der Waals surface area contributed by atoms with E-state index in [2.05, 4.69) is 5.32 Å². The molecule has 45 heavy (non-hydrogen) atoms. The van der Waals surface area contributed by atoms with Crippen molar-refractivity contribution in [2.24, 2.45) is 11.5 Å². The maximum Gasteiger partial charge on any atom is 0.405 e. The Kier molecular flexibility index (Phi) is 13.0. The normalized spacial score (nSPS) is 30.9. The fourth-order valence-electron chi connectivity index (χ4n) is 4.59. The van der Waals surface area contributed by atoms with Gasteiger partial charge >= 0.3 is 35.9 Å². The number of esters is 5. The quantitative estimate of drug-likeness (QED) is 0.150. The molecule has 0 unspecified atom stereocenters. The minimum Gasteiger partial charge on any atom is -0.463 e. The largest absolute Gasteiger partial charge is 0.463 e. The predicted octanol–water partition coefficient (Wildman–Crippen LogP) is -2.80. The summed E-state index contributed by atoms with van der Waals surface area (Å²) >= 11 is 0. The van der Waals surface area contributed by atoms with Crippen LogP contribution in [0, 0.1) is 0 Å². The van der Waals surface area contributed by atoms with E-state index in [-0.39, 0.29) is 0 Å². The van der Waals surface area contributed by atoms with Gasteiger partial charge in [-0.15, -0.1) is 0 Å². The third kappa shape index (κ3) is 10.5. The SMILES string of the molecule is CC(=O)N[C@H]1[C@H](O[C@H]2[C@@H](OC(C)=O)O[C@H](C(N)=O)[C@@H](OC(C)=O)[C@@H]2OC(N)=O)O[C@H](COC(C)=O)[C@@H](OC(C)=O)[C@@H]1OC(C)=O. The molecule has 20 nitrogen and oxygen atoms in total. The fraction of sp³-hybridized carbons (Fsp3) is 0.680. The molecule has 0 aromatic carbocycles. The van der Waals surface area contributed by atoms with E-state index in [1.165, 1.54) is 0 Å². The van der Waals surface area contributed by atoms with E-state index in [9.17, 15) is 38.4 Å². The molecule has 0 radical (unpaired) electrons. The number of hydrogen-bond donors (Lipinski definition) is 3. The van der Waals surface area contributed by atoms with Crippen molar-refractivity contribution >= 4 is 47.8 Å². The van der Waals surface area contributed by atoms with E-state index in [4.69, 9.17) is 54.1 Å². The molecule has 5 N–H and O–H groups in total. The molecule has 10 atom stereocenters. The van der Waals surface area contributed by atoms with Crippen LogP contribution < -0.4 is 16.8 Å². The number of hydrogen-bond acceptors (Lipinski definition) is 17. The summed E-state index contributed by atoms with van der Waals surface area (Å²) < 4.78 is 48.6. The van der Waals surface area contributed by atoms with E-state index >= 15 is 0 Å². The minimum atomic E-state index is -1.94. The molecule has 0 aromatic heterocycles. The average molecular weight is 650 g/mol. The third-order valence-corrected chi connectivity index (χ3v) is 5.97. The summed E-state index contributed by atoms with van der Waals surface area (Å²) in [6.07, 6.45) is -17.2. The highest BCUT2D eigenvalue weighted by Crippen LogP contribution is 2.34. The van der Waals surface area contributed by atoms with Crippen LogP contribution in [0.5, 0.6) is 0 Å². The fourth-order valence-corrected chi connectivity index (χ4v) is 4.59. The maximum absolute atomic E-state index is 12.3. The standard InChI is InChI=1S/C25H35N3O17/c1-8(29)28-15-17(39-11(4)32)16(38-10(3)31)14(7-37-9(2)30)42-23(15)44-21-19(45-25(27)36)18(40-12(5)33)20(22(26)35)43-24(21)41-13(6)34/h14-21,23-24H,7H2,1-6H3,(H2,26,35)(H2,27,36)(H,28,29)/t14-,15-,16-,17-,18+,19+,20+,21-,23+,24+/m1/s1. The molecule has 2 aliphatic rings. The van der Waals surface area contributed by atoms with Gasteiger partial charge in [-0.3, -0.25) is 33.6 Å². The van der Waals surface area contributed by atoms with Gasteiger partial charge in [-0.25, -0.2) is 4.79 Å². The Morgan fingerprint density at radius 3 is 1.60 bits per heavy atom. The highest BCUT2D eigenvalue weighted by atomic mass is 16.8. The molecule has 0 aromatic rings. The number of nitrogens with two attached hydrogens (primary N) is 2. The van der Waals surface area contributed by atoms with Gasteiger partial charge in [-0.1, -0.05) is 0 Å². The maximum atomic E-state index is 12.3. The number of rotatable bonds is 11. The van der Waals surface area contributed by atoms with Crippen molar-refractivity contribution in [1.29, 1.82) is 0 Å². The van der Waals surface area contributed by atoms with E-state index in [0.717, 1.165) is 41.5 Å². The highest BCUT2D eigenvalue weighted by Gasteiger charge is 2.58. The van der Waals surface area contributed by atoms with Crippen molar-refractivity contribution in [2.75, 3.05) is 6.61 Å². The summed E-state index contributed by atoms with van der Waals surface area (Å²) in [6.45, 7) is 5.48. The predicted molar refractivity (Wildman–Crippen MR) is 139 cm³/mol. The molecule has 2 fully saturated rings. The number of carbonyl (C=O) groups is 8. The lowest BCUT2D eigenvalue weighted by atomic mass is 9.94. The van der Waals surface area contributed by atoms with Crippen LogP contribution in [0.25, 0.3) is 0 Å². The van der Waals surface area contributed by atoms with Crippen molar-refractivity contribution in [3.63, 3.8) is 0 Å². The van der Waals surface area contributed by atoms with Crippen molar-refractivity contribution in [2.45, 2.75) is 103 Å². The van der Waals surface area contributed by atoms with Crippen LogP contribution in [0.1, 0.15) is 41.5 Å². The van der Waals surface area contributed by atoms with Gasteiger partial charge < -0.3 is 59.4 Å². The zero-order valence-corrected chi connectivity index (χ0v) is 25.1. The van der Waals surface area contributed by atoms with Gasteiger partial charge in [0.15, 0.2) is 42.9 Å². The lowest BCUT2D eigenvalue weighted by Gasteiger charge is -2.48. The molecule has 2 heterocycles. The molecular formula is C25H35N3O17. The van der Waals surface area contributed by atoms with Gasteiger partial charge in [0, 0.05) is 41.5 Å². The first-order valence-electron chi connectivity index (χ1n) is 13.2. The highest BCUT2D eigenvalue weighted by molar-refractivity contribution is 5.81. The van der Waals surface area contributed by atoms with Crippen LogP contribution in [0.3, 0.4) is 0 Å². The summed E-state index contributed by atoms with van der Waals surface area (Å²) in [6, 6.07) is -1.54. The van der Waals surface area contributed by atoms with Gasteiger partial charge in [0.25, 0.3) is 5.91 Å². The van der Waals surface area contributed by atoms with Crippen molar-refractivity contribution in [3.05, 3.63) is 0 Å². The second-order valence-electron chi connectivity index (χ2n) is 9.73. The van der Waals surface area contributed by atoms with Gasteiger partial charge in [0.2, 0.25) is 12.2 Å². The molecule has 2 aliphatic heterocycles. The van der Waals surface area contributed by atoms with Crippen molar-refractivity contribution in [3.8, 4) is 0 Å². The monoisotopic (exact) mass is 649 g/mol. The number of ether oxygens (including phenoxy) is 9. The van der Waals surface area contributed by atoms with Gasteiger partial charge in [-0.2, -0.15) is 0 Å². The molecule has 20 heteroatoms. The van der Waals surface area contributed by atoms with Crippen LogP contribution in [0.15, 0.2) is 0 Å². The minimum absolute atomic E-state index is 0.604. The first-order valence-corrected chi connectivity index (χ1v) is 13.2. The second-order valence-corrected chi connectivity index (χ2v) is 9.73. The van der Waals surface area contributed by atoms with Crippen molar-refractivity contribution in [1.82, 2.24) is 5.32 Å². The van der Waals surface area contributed by atoms with Gasteiger partial charge in [0.1, 0.15) is 18.8 Å². The number of carbonyl (C=O) groups excluding carboxylic acids is 8. The first-order chi connectivity index (χ1) is 20.9. The van der Waals surface area contributed by atoms with E-state index < -0.39 is 116 Å². The number of primary amides is 2. The first kappa shape index (κ1) is 36.6. The Morgan fingerprint density at radius 1 is 0.600 bits per heavy atom. The summed E-state index contributed by atoms with van der Waals surface area (Å²) in [7, 11) is 0. The lowest BCUT2D eigenvalue weighted by Crippen LogP contribution is -2.70. The molecule has 0 bridgehead atoms. The molecule has 0 saturated carbocycles. The lowest BCUT2D eigenvalue weighted by molar-refractivity contribution is -0.344. The summed E-state index contributed by atoms with van der Waals surface area (Å²) in [5.74, 6) is -6.53. The zero-order valence-electron chi connectivity index (χ0n) is 25.1. The third-order valence-electron chi connectivity index (χ3n) is 5.97. The van der Waals surface area contributed by atoms with E-state index in [1.807, 2.05) is 0 Å². The Morgan fingerprint density at radius 2 is 1.13 bits per heavy atom. The summed E-state index contributed by atoms with van der Waals surface area (Å²) in [4.78, 5) is 96.3. The van der Waals surface area contributed by atoms with Crippen LogP contribution in [-0.4, -0.2) is 116 Å². The molecule has 2 rings (SSSR count). The second kappa shape index (κ2) is 16.0.